The highest BCUT2D eigenvalue weighted by Gasteiger charge is 2.36. The van der Waals surface area contributed by atoms with Gasteiger partial charge in [-0.15, -0.1) is 0 Å². The van der Waals surface area contributed by atoms with Gasteiger partial charge in [0.15, 0.2) is 5.82 Å². The minimum absolute atomic E-state index is 0.0121. The van der Waals surface area contributed by atoms with Crippen LogP contribution in [0.4, 0.5) is 10.5 Å². The van der Waals surface area contributed by atoms with Crippen molar-refractivity contribution >= 4 is 34.3 Å². The Kier molecular flexibility index (Phi) is 5.17. The molecule has 1 aromatic heterocycles. The number of nitrogens with one attached hydrogen (secondary N) is 1. The van der Waals surface area contributed by atoms with Crippen LogP contribution in [-0.4, -0.2) is 64.6 Å². The Morgan fingerprint density at radius 1 is 1.29 bits per heavy atom. The predicted molar refractivity (Wildman–Crippen MR) is 116 cm³/mol. The van der Waals surface area contributed by atoms with Gasteiger partial charge >= 0.3 is 6.09 Å². The fraction of sp³-hybridized carbons (Fsp3) is 0.500. The highest BCUT2D eigenvalue weighted by atomic mass is 16.6. The number of fused-ring (bicyclic) bond motifs is 1. The minimum atomic E-state index is -0.747. The first-order valence-corrected chi connectivity index (χ1v) is 10.4. The molecular formula is C22H28N4O5. The number of hydrogen-bond donors (Lipinski definition) is 2. The van der Waals surface area contributed by atoms with Crippen LogP contribution in [0.15, 0.2) is 17.9 Å². The molecule has 0 spiro atoms. The number of aromatic nitrogens is 2. The molecule has 9 nitrogen and oxygen atoms in total. The van der Waals surface area contributed by atoms with E-state index in [-0.39, 0.29) is 17.2 Å². The Hall–Kier alpha value is -3.07. The van der Waals surface area contributed by atoms with Gasteiger partial charge in [-0.05, 0) is 52.3 Å². The molecule has 1 aromatic carbocycles. The number of ether oxygens (including phenoxy) is 2. The van der Waals surface area contributed by atoms with Crippen LogP contribution in [0, 0.1) is 6.92 Å². The number of anilines is 1. The zero-order chi connectivity index (χ0) is 22.5. The number of aliphatic hydroxyl groups excluding tert-OH is 1. The maximum atomic E-state index is 13.2. The third-order valence-corrected chi connectivity index (χ3v) is 5.35. The zero-order valence-electron chi connectivity index (χ0n) is 18.5. The molecule has 0 radical (unpaired) electrons. The zero-order valence-corrected chi connectivity index (χ0v) is 18.5. The number of imidazole rings is 1. The second-order valence-corrected chi connectivity index (χ2v) is 8.94. The smallest absolute Gasteiger partial charge is 0.420 e. The molecule has 0 bridgehead atoms. The molecule has 2 aliphatic rings. The molecule has 2 aromatic rings. The molecule has 1 amide bonds. The number of nitrogens with zero attached hydrogens (tertiary/aromatic N) is 3. The van der Waals surface area contributed by atoms with Crippen molar-refractivity contribution in [3.63, 3.8) is 0 Å². The lowest BCUT2D eigenvalue weighted by molar-refractivity contribution is -0.115. The first-order chi connectivity index (χ1) is 14.6. The van der Waals surface area contributed by atoms with E-state index in [9.17, 15) is 14.7 Å². The van der Waals surface area contributed by atoms with Crippen molar-refractivity contribution in [3.05, 3.63) is 29.3 Å². The Morgan fingerprint density at radius 3 is 2.55 bits per heavy atom. The summed E-state index contributed by atoms with van der Waals surface area (Å²) in [5.74, 6) is -0.543. The van der Waals surface area contributed by atoms with Gasteiger partial charge in [-0.1, -0.05) is 0 Å². The molecule has 1 atom stereocenters. The number of aliphatic hydroxyl groups is 1. The fourth-order valence-corrected chi connectivity index (χ4v) is 3.88. The van der Waals surface area contributed by atoms with E-state index < -0.39 is 23.6 Å². The second-order valence-electron chi connectivity index (χ2n) is 8.94. The van der Waals surface area contributed by atoms with Gasteiger partial charge in [-0.2, -0.15) is 0 Å². The van der Waals surface area contributed by atoms with Crippen LogP contribution in [-0.2, 0) is 14.3 Å². The van der Waals surface area contributed by atoms with Crippen LogP contribution in [0.2, 0.25) is 0 Å². The summed E-state index contributed by atoms with van der Waals surface area (Å²) in [6.45, 7) is 11.6. The maximum absolute atomic E-state index is 13.2. The molecule has 3 heterocycles. The van der Waals surface area contributed by atoms with E-state index in [0.717, 1.165) is 24.3 Å². The van der Waals surface area contributed by atoms with Gasteiger partial charge in [-0.25, -0.2) is 14.3 Å². The largest absolute Gasteiger partial charge is 0.509 e. The summed E-state index contributed by atoms with van der Waals surface area (Å²) in [5, 5.41) is 13.2. The molecule has 1 fully saturated rings. The number of amides is 1. The quantitative estimate of drug-likeness (QED) is 0.758. The third kappa shape index (κ3) is 3.85. The average molecular weight is 428 g/mol. The lowest BCUT2D eigenvalue weighted by Crippen LogP contribution is -2.36. The molecule has 31 heavy (non-hydrogen) atoms. The monoisotopic (exact) mass is 428 g/mol. The van der Waals surface area contributed by atoms with Crippen molar-refractivity contribution in [1.82, 2.24) is 14.9 Å². The normalized spacial score (nSPS) is 19.8. The second kappa shape index (κ2) is 7.56. The standard InChI is InChI=1S/C22H28N4O5/c1-12-10-14(25-6-8-30-9-7-25)11-15-17(12)24-19(16-18(27)13(2)23-20(16)28)26(15)21(29)31-22(3,4)5/h10-11,13,27H,6-9H2,1-5H3,(H,23,28). The highest BCUT2D eigenvalue weighted by Crippen LogP contribution is 2.33. The summed E-state index contributed by atoms with van der Waals surface area (Å²) in [7, 11) is 0. The Bertz CT molecular complexity index is 1090. The number of morpholine rings is 1. The number of carbonyl (C=O) groups is 2. The Morgan fingerprint density at radius 2 is 1.97 bits per heavy atom. The summed E-state index contributed by atoms with van der Waals surface area (Å²) in [6.07, 6.45) is -0.656. The van der Waals surface area contributed by atoms with Gasteiger partial charge in [0.05, 0.1) is 30.3 Å². The van der Waals surface area contributed by atoms with Crippen LogP contribution in [0.1, 0.15) is 39.1 Å². The SMILES string of the molecule is Cc1cc(N2CCOCC2)cc2c1nc(C1=C(O)C(C)NC1=O)n2C(=O)OC(C)(C)C. The lowest BCUT2D eigenvalue weighted by Gasteiger charge is -2.29. The number of hydrogen-bond acceptors (Lipinski definition) is 7. The number of aryl methyl sites for hydroxylation is 1. The first kappa shape index (κ1) is 21.2. The highest BCUT2D eigenvalue weighted by molar-refractivity contribution is 6.22. The van der Waals surface area contributed by atoms with E-state index in [1.807, 2.05) is 19.1 Å². The molecule has 9 heteroatoms. The minimum Gasteiger partial charge on any atom is -0.509 e. The summed E-state index contributed by atoms with van der Waals surface area (Å²) in [5.41, 5.74) is 2.13. The molecule has 166 valence electrons. The van der Waals surface area contributed by atoms with E-state index in [2.05, 4.69) is 15.2 Å². The van der Waals surface area contributed by atoms with E-state index in [0.29, 0.717) is 24.2 Å². The van der Waals surface area contributed by atoms with E-state index >= 15 is 0 Å². The topological polar surface area (TPSA) is 106 Å². The number of rotatable bonds is 2. The van der Waals surface area contributed by atoms with E-state index in [1.165, 1.54) is 4.57 Å². The molecule has 1 unspecified atom stereocenters. The molecule has 2 aliphatic heterocycles. The third-order valence-electron chi connectivity index (χ3n) is 5.35. The Balaban J connectivity index is 1.94. The summed E-state index contributed by atoms with van der Waals surface area (Å²) in [6, 6.07) is 3.33. The van der Waals surface area contributed by atoms with Crippen molar-refractivity contribution in [2.24, 2.45) is 0 Å². The summed E-state index contributed by atoms with van der Waals surface area (Å²) >= 11 is 0. The molecule has 1 saturated heterocycles. The van der Waals surface area contributed by atoms with Crippen molar-refractivity contribution in [3.8, 4) is 0 Å². The van der Waals surface area contributed by atoms with Crippen LogP contribution in [0.25, 0.3) is 16.6 Å². The van der Waals surface area contributed by atoms with Crippen LogP contribution in [0.5, 0.6) is 0 Å². The molecule has 0 aliphatic carbocycles. The van der Waals surface area contributed by atoms with Crippen molar-refractivity contribution < 1.29 is 24.2 Å². The summed E-state index contributed by atoms with van der Waals surface area (Å²) in [4.78, 5) is 32.6. The molecule has 2 N–H and O–H groups in total. The van der Waals surface area contributed by atoms with Gasteiger partial charge in [0.1, 0.15) is 16.9 Å². The molecule has 0 saturated carbocycles. The van der Waals surface area contributed by atoms with Crippen molar-refractivity contribution in [1.29, 1.82) is 0 Å². The Labute approximate surface area is 180 Å². The number of benzene rings is 1. The molecule has 4 rings (SSSR count). The predicted octanol–water partition coefficient (Wildman–Crippen LogP) is 2.75. The van der Waals surface area contributed by atoms with Crippen LogP contribution in [0.3, 0.4) is 0 Å². The van der Waals surface area contributed by atoms with Crippen molar-refractivity contribution in [2.45, 2.75) is 46.3 Å². The number of carbonyl (C=O) groups excluding carboxylic acids is 2. The average Bonchev–Trinajstić information content (AvgIpc) is 3.18. The maximum Gasteiger partial charge on any atom is 0.420 e. The van der Waals surface area contributed by atoms with Gasteiger partial charge in [0, 0.05) is 18.8 Å². The lowest BCUT2D eigenvalue weighted by atomic mass is 10.1. The van der Waals surface area contributed by atoms with Gasteiger partial charge in [0.25, 0.3) is 5.91 Å². The molecular weight excluding hydrogens is 400 g/mol. The van der Waals surface area contributed by atoms with Crippen LogP contribution >= 0.6 is 0 Å². The van der Waals surface area contributed by atoms with Crippen LogP contribution < -0.4 is 10.2 Å². The van der Waals surface area contributed by atoms with E-state index in [1.54, 1.807) is 27.7 Å². The first-order valence-electron chi connectivity index (χ1n) is 10.4. The van der Waals surface area contributed by atoms with Crippen molar-refractivity contribution in [2.75, 3.05) is 31.2 Å². The fourth-order valence-electron chi connectivity index (χ4n) is 3.88. The van der Waals surface area contributed by atoms with Gasteiger partial charge < -0.3 is 24.8 Å². The summed E-state index contributed by atoms with van der Waals surface area (Å²) < 4.78 is 12.4. The van der Waals surface area contributed by atoms with Gasteiger partial charge in [-0.3, -0.25) is 4.79 Å². The van der Waals surface area contributed by atoms with Gasteiger partial charge in [0.2, 0.25) is 0 Å². The van der Waals surface area contributed by atoms with E-state index in [4.69, 9.17) is 9.47 Å².